The standard InChI is InChI=1S/C53H37N/c1-5-16-40(17-6-1)53(41-18-7-2-8-19-41)49-34-39(45-30-26-38-25-24-36-14-13-15-37-27-32-48(45)52(38)51(36)37)28-31-46(49)47-33-29-44(35-50(47)53)54(42-20-9-3-10-21-42)43-22-11-4-12-23-43/h1-14,16-35,52H,15H2. The summed E-state index contributed by atoms with van der Waals surface area (Å²) in [5.74, 6) is 0.276. The Kier molecular flexibility index (Phi) is 6.97. The van der Waals surface area contributed by atoms with Crippen LogP contribution in [0.4, 0.5) is 17.1 Å². The van der Waals surface area contributed by atoms with Gasteiger partial charge in [-0.25, -0.2) is 0 Å². The highest BCUT2D eigenvalue weighted by Crippen LogP contribution is 2.58. The van der Waals surface area contributed by atoms with Crippen molar-refractivity contribution in [3.05, 3.63) is 262 Å². The molecule has 0 aromatic heterocycles. The van der Waals surface area contributed by atoms with Crippen LogP contribution in [0.25, 0.3) is 16.7 Å². The van der Waals surface area contributed by atoms with Crippen molar-refractivity contribution < 1.29 is 0 Å². The molecule has 6 aromatic rings. The molecule has 5 aliphatic carbocycles. The summed E-state index contributed by atoms with van der Waals surface area (Å²) in [7, 11) is 0. The number of anilines is 3. The number of para-hydroxylation sites is 2. The molecule has 1 nitrogen and oxygen atoms in total. The van der Waals surface area contributed by atoms with Gasteiger partial charge in [0.1, 0.15) is 0 Å². The minimum absolute atomic E-state index is 0.276. The quantitative estimate of drug-likeness (QED) is 0.168. The van der Waals surface area contributed by atoms with Gasteiger partial charge in [-0.3, -0.25) is 0 Å². The molecular weight excluding hydrogens is 651 g/mol. The van der Waals surface area contributed by atoms with Crippen LogP contribution in [-0.4, -0.2) is 0 Å². The lowest BCUT2D eigenvalue weighted by molar-refractivity contribution is 0.768. The smallest absolute Gasteiger partial charge is 0.0714 e. The van der Waals surface area contributed by atoms with E-state index >= 15 is 0 Å². The fraction of sp³-hybridized carbons (Fsp3) is 0.0566. The van der Waals surface area contributed by atoms with Crippen molar-refractivity contribution in [3.8, 4) is 11.1 Å². The molecule has 0 heterocycles. The number of benzene rings is 6. The van der Waals surface area contributed by atoms with Gasteiger partial charge in [-0.2, -0.15) is 0 Å². The fourth-order valence-corrected chi connectivity index (χ4v) is 9.74. The van der Waals surface area contributed by atoms with E-state index in [1.807, 2.05) is 0 Å². The van der Waals surface area contributed by atoms with Crippen molar-refractivity contribution in [1.82, 2.24) is 0 Å². The molecule has 1 heteroatoms. The lowest BCUT2D eigenvalue weighted by Crippen LogP contribution is -2.29. The van der Waals surface area contributed by atoms with Gasteiger partial charge < -0.3 is 4.90 Å². The SMILES string of the molecule is C1=CC2=C3C(=CC=C4C(c5ccc6c(c5)C(c5ccccc5)(c5ccccc5)c5cc(N(c7ccccc7)c7ccccc7)ccc5-6)=CC=C(C=C2)C43)C1. The summed E-state index contributed by atoms with van der Waals surface area (Å²) < 4.78 is 0. The van der Waals surface area contributed by atoms with Gasteiger partial charge in [0.05, 0.1) is 5.41 Å². The maximum absolute atomic E-state index is 2.51. The van der Waals surface area contributed by atoms with E-state index in [-0.39, 0.29) is 5.92 Å². The van der Waals surface area contributed by atoms with Gasteiger partial charge in [0, 0.05) is 23.0 Å². The molecule has 1 atom stereocenters. The Labute approximate surface area is 317 Å². The summed E-state index contributed by atoms with van der Waals surface area (Å²) in [5, 5.41) is 0. The van der Waals surface area contributed by atoms with Gasteiger partial charge in [0.25, 0.3) is 0 Å². The normalized spacial score (nSPS) is 18.1. The lowest BCUT2D eigenvalue weighted by Gasteiger charge is -2.38. The zero-order valence-electron chi connectivity index (χ0n) is 29.9. The first-order valence-corrected chi connectivity index (χ1v) is 19.0. The molecule has 11 rings (SSSR count). The molecule has 1 unspecified atom stereocenters. The average Bonchev–Trinajstić information content (AvgIpc) is 3.54. The van der Waals surface area contributed by atoms with Crippen molar-refractivity contribution in [2.24, 2.45) is 5.92 Å². The molecule has 0 N–H and O–H groups in total. The van der Waals surface area contributed by atoms with Crippen molar-refractivity contribution in [3.63, 3.8) is 0 Å². The molecule has 0 saturated carbocycles. The predicted molar refractivity (Wildman–Crippen MR) is 224 cm³/mol. The van der Waals surface area contributed by atoms with Gasteiger partial charge in [-0.15, -0.1) is 0 Å². The summed E-state index contributed by atoms with van der Waals surface area (Å²) in [6.07, 6.45) is 19.7. The highest BCUT2D eigenvalue weighted by molar-refractivity contribution is 5.93. The third kappa shape index (κ3) is 4.52. The molecule has 0 spiro atoms. The molecular formula is C53H37N. The van der Waals surface area contributed by atoms with Crippen LogP contribution in [0.3, 0.4) is 0 Å². The number of rotatable bonds is 6. The minimum atomic E-state index is -0.542. The van der Waals surface area contributed by atoms with Crippen molar-refractivity contribution >= 4 is 22.6 Å². The first kappa shape index (κ1) is 30.9. The maximum atomic E-state index is 2.51. The van der Waals surface area contributed by atoms with Gasteiger partial charge in [-0.05, 0) is 121 Å². The second kappa shape index (κ2) is 12.2. The van der Waals surface area contributed by atoms with Crippen molar-refractivity contribution in [1.29, 1.82) is 0 Å². The third-order valence-corrected chi connectivity index (χ3v) is 12.0. The molecule has 0 aliphatic heterocycles. The van der Waals surface area contributed by atoms with Gasteiger partial charge in [0.15, 0.2) is 0 Å². The molecule has 0 bridgehead atoms. The topological polar surface area (TPSA) is 3.24 Å². The summed E-state index contributed by atoms with van der Waals surface area (Å²) in [6.45, 7) is 0. The van der Waals surface area contributed by atoms with Crippen LogP contribution in [0, 0.1) is 5.92 Å². The Morgan fingerprint density at radius 3 is 1.78 bits per heavy atom. The Hall–Kier alpha value is -6.70. The van der Waals surface area contributed by atoms with Crippen LogP contribution in [0.2, 0.25) is 0 Å². The van der Waals surface area contributed by atoms with Gasteiger partial charge in [-0.1, -0.05) is 164 Å². The van der Waals surface area contributed by atoms with E-state index in [1.165, 1.54) is 72.4 Å². The monoisotopic (exact) mass is 687 g/mol. The molecule has 0 amide bonds. The van der Waals surface area contributed by atoms with Gasteiger partial charge >= 0.3 is 0 Å². The number of nitrogens with zero attached hydrogens (tertiary/aromatic N) is 1. The van der Waals surface area contributed by atoms with E-state index in [2.05, 4.69) is 211 Å². The van der Waals surface area contributed by atoms with E-state index in [4.69, 9.17) is 0 Å². The van der Waals surface area contributed by atoms with E-state index < -0.39 is 5.41 Å². The largest absolute Gasteiger partial charge is 0.310 e. The molecule has 0 fully saturated rings. The number of hydrogen-bond donors (Lipinski definition) is 0. The third-order valence-electron chi connectivity index (χ3n) is 12.0. The second-order valence-corrected chi connectivity index (χ2v) is 14.8. The van der Waals surface area contributed by atoms with E-state index in [0.29, 0.717) is 0 Å². The molecule has 0 radical (unpaired) electrons. The second-order valence-electron chi connectivity index (χ2n) is 14.8. The maximum Gasteiger partial charge on any atom is 0.0714 e. The highest BCUT2D eigenvalue weighted by Gasteiger charge is 2.47. The Bertz CT molecular complexity index is 2620. The Morgan fingerprint density at radius 2 is 1.11 bits per heavy atom. The number of hydrogen-bond acceptors (Lipinski definition) is 1. The minimum Gasteiger partial charge on any atom is -0.310 e. The van der Waals surface area contributed by atoms with Crippen molar-refractivity contribution in [2.45, 2.75) is 11.8 Å². The van der Waals surface area contributed by atoms with Crippen LogP contribution in [0.15, 0.2) is 234 Å². The first-order chi connectivity index (χ1) is 26.8. The zero-order chi connectivity index (χ0) is 35.6. The van der Waals surface area contributed by atoms with E-state index in [0.717, 1.165) is 23.5 Å². The van der Waals surface area contributed by atoms with E-state index in [1.54, 1.807) is 0 Å². The lowest BCUT2D eigenvalue weighted by atomic mass is 9.65. The van der Waals surface area contributed by atoms with Crippen LogP contribution in [0.5, 0.6) is 0 Å². The molecule has 0 saturated heterocycles. The van der Waals surface area contributed by atoms with Crippen LogP contribution in [0.1, 0.15) is 34.2 Å². The predicted octanol–water partition coefficient (Wildman–Crippen LogP) is 13.2. The van der Waals surface area contributed by atoms with E-state index in [9.17, 15) is 0 Å². The summed E-state index contributed by atoms with van der Waals surface area (Å²) in [6, 6.07) is 58.2. The number of fused-ring (bicyclic) bond motifs is 3. The summed E-state index contributed by atoms with van der Waals surface area (Å²) >= 11 is 0. The first-order valence-electron chi connectivity index (χ1n) is 19.0. The Morgan fingerprint density at radius 1 is 0.500 bits per heavy atom. The molecule has 6 aromatic carbocycles. The fourth-order valence-electron chi connectivity index (χ4n) is 9.74. The molecule has 54 heavy (non-hydrogen) atoms. The average molecular weight is 688 g/mol. The van der Waals surface area contributed by atoms with Crippen LogP contribution >= 0.6 is 0 Å². The zero-order valence-corrected chi connectivity index (χ0v) is 29.9. The number of allylic oxidation sites excluding steroid dienone is 14. The van der Waals surface area contributed by atoms with Crippen LogP contribution < -0.4 is 4.90 Å². The molecule has 5 aliphatic rings. The summed E-state index contributed by atoms with van der Waals surface area (Å²) in [4.78, 5) is 2.38. The van der Waals surface area contributed by atoms with Gasteiger partial charge in [0.2, 0.25) is 0 Å². The molecule has 254 valence electrons. The Balaban J connectivity index is 1.15. The summed E-state index contributed by atoms with van der Waals surface area (Å²) in [5.41, 5.74) is 20.2. The van der Waals surface area contributed by atoms with Crippen molar-refractivity contribution in [2.75, 3.05) is 4.90 Å². The van der Waals surface area contributed by atoms with Crippen LogP contribution in [-0.2, 0) is 5.41 Å². The highest BCUT2D eigenvalue weighted by atomic mass is 15.1.